The fraction of sp³-hybridized carbons (Fsp3) is 0.286. The van der Waals surface area contributed by atoms with E-state index in [-0.39, 0.29) is 0 Å². The van der Waals surface area contributed by atoms with Crippen molar-refractivity contribution in [3.8, 4) is 0 Å². The molecular weight excluding hydrogens is 226 g/mol. The lowest BCUT2D eigenvalue weighted by Gasteiger charge is -1.95. The maximum atomic E-state index is 11.0. The van der Waals surface area contributed by atoms with Crippen LogP contribution >= 0.6 is 11.3 Å². The SMILES string of the molecule is CC(=O)O.CNS(=O)(=O)c1ccsc1. The average molecular weight is 237 g/mol. The Balaban J connectivity index is 0.000000364. The highest BCUT2D eigenvalue weighted by molar-refractivity contribution is 7.89. The van der Waals surface area contributed by atoms with E-state index in [1.807, 2.05) is 0 Å². The molecule has 1 aromatic rings. The quantitative estimate of drug-likeness (QED) is 0.795. The summed E-state index contributed by atoms with van der Waals surface area (Å²) >= 11 is 1.36. The van der Waals surface area contributed by atoms with Gasteiger partial charge in [0.25, 0.3) is 5.97 Å². The molecule has 0 saturated carbocycles. The molecule has 0 saturated heterocycles. The number of aliphatic carboxylic acids is 1. The first-order valence-electron chi connectivity index (χ1n) is 3.55. The Morgan fingerprint density at radius 3 is 2.36 bits per heavy atom. The van der Waals surface area contributed by atoms with Gasteiger partial charge in [-0.15, -0.1) is 0 Å². The molecule has 7 heteroatoms. The van der Waals surface area contributed by atoms with Gasteiger partial charge in [0.05, 0.1) is 4.90 Å². The van der Waals surface area contributed by atoms with Gasteiger partial charge in [-0.05, 0) is 18.5 Å². The molecule has 0 aromatic carbocycles. The summed E-state index contributed by atoms with van der Waals surface area (Å²) in [6, 6.07) is 1.57. The summed E-state index contributed by atoms with van der Waals surface area (Å²) in [5.41, 5.74) is 0. The smallest absolute Gasteiger partial charge is 0.300 e. The number of sulfonamides is 1. The number of carbonyl (C=O) groups is 1. The first-order valence-corrected chi connectivity index (χ1v) is 5.98. The van der Waals surface area contributed by atoms with Crippen molar-refractivity contribution in [1.82, 2.24) is 4.72 Å². The van der Waals surface area contributed by atoms with Gasteiger partial charge in [-0.3, -0.25) is 4.79 Å². The Morgan fingerprint density at radius 2 is 2.07 bits per heavy atom. The zero-order valence-electron chi connectivity index (χ0n) is 7.72. The summed E-state index contributed by atoms with van der Waals surface area (Å²) in [5, 5.41) is 10.7. The lowest BCUT2D eigenvalue weighted by molar-refractivity contribution is -0.134. The Labute approximate surface area is 86.4 Å². The molecule has 0 spiro atoms. The zero-order valence-corrected chi connectivity index (χ0v) is 9.35. The minimum Gasteiger partial charge on any atom is -0.481 e. The van der Waals surface area contributed by atoms with Crippen LogP contribution in [-0.4, -0.2) is 26.5 Å². The van der Waals surface area contributed by atoms with E-state index in [9.17, 15) is 8.42 Å². The molecule has 0 fully saturated rings. The van der Waals surface area contributed by atoms with Crippen LogP contribution < -0.4 is 4.72 Å². The molecule has 80 valence electrons. The van der Waals surface area contributed by atoms with Crippen molar-refractivity contribution >= 4 is 27.3 Å². The second kappa shape index (κ2) is 5.74. The number of hydrogen-bond donors (Lipinski definition) is 2. The van der Waals surface area contributed by atoms with Gasteiger partial charge < -0.3 is 5.11 Å². The highest BCUT2D eigenvalue weighted by Crippen LogP contribution is 2.11. The van der Waals surface area contributed by atoms with E-state index in [1.165, 1.54) is 18.4 Å². The predicted octanol–water partition coefficient (Wildman–Crippen LogP) is 0.747. The van der Waals surface area contributed by atoms with E-state index in [2.05, 4.69) is 4.72 Å². The maximum Gasteiger partial charge on any atom is 0.300 e. The minimum atomic E-state index is -3.19. The van der Waals surface area contributed by atoms with Crippen LogP contribution in [0.2, 0.25) is 0 Å². The summed E-state index contributed by atoms with van der Waals surface area (Å²) in [4.78, 5) is 9.33. The molecule has 1 heterocycles. The summed E-state index contributed by atoms with van der Waals surface area (Å²) in [6.45, 7) is 1.08. The average Bonchev–Trinajstić information content (AvgIpc) is 2.55. The van der Waals surface area contributed by atoms with Gasteiger partial charge in [-0.1, -0.05) is 0 Å². The van der Waals surface area contributed by atoms with E-state index in [1.54, 1.807) is 16.8 Å². The molecule has 0 atom stereocenters. The van der Waals surface area contributed by atoms with E-state index in [0.29, 0.717) is 4.90 Å². The Kier molecular flexibility index (Phi) is 5.36. The highest BCUT2D eigenvalue weighted by atomic mass is 32.2. The standard InChI is InChI=1S/C5H7NO2S2.C2H4O2/c1-6-10(7,8)5-2-3-9-4-5;1-2(3)4/h2-4,6H,1H3;1H3,(H,3,4). The molecule has 0 unspecified atom stereocenters. The van der Waals surface area contributed by atoms with Gasteiger partial charge >= 0.3 is 0 Å². The Bertz CT molecular complexity index is 364. The third-order valence-corrected chi connectivity index (χ3v) is 3.32. The van der Waals surface area contributed by atoms with Gasteiger partial charge in [0.1, 0.15) is 0 Å². The summed E-state index contributed by atoms with van der Waals surface area (Å²) in [5.74, 6) is -0.833. The third kappa shape index (κ3) is 4.95. The van der Waals surface area contributed by atoms with Crippen LogP contribution in [0.4, 0.5) is 0 Å². The second-order valence-corrected chi connectivity index (χ2v) is 4.85. The van der Waals surface area contributed by atoms with Crippen molar-refractivity contribution in [2.45, 2.75) is 11.8 Å². The van der Waals surface area contributed by atoms with Crippen molar-refractivity contribution < 1.29 is 18.3 Å². The molecule has 0 amide bonds. The Morgan fingerprint density at radius 1 is 1.57 bits per heavy atom. The summed E-state index contributed by atoms with van der Waals surface area (Å²) in [6.07, 6.45) is 0. The number of rotatable bonds is 2. The fourth-order valence-electron chi connectivity index (χ4n) is 0.523. The van der Waals surface area contributed by atoms with Crippen LogP contribution in [-0.2, 0) is 14.8 Å². The van der Waals surface area contributed by atoms with Gasteiger partial charge in [-0.2, -0.15) is 11.3 Å². The van der Waals surface area contributed by atoms with E-state index >= 15 is 0 Å². The molecule has 0 radical (unpaired) electrons. The van der Waals surface area contributed by atoms with Gasteiger partial charge in [-0.25, -0.2) is 13.1 Å². The number of carboxylic acids is 1. The third-order valence-electron chi connectivity index (χ3n) is 1.07. The molecule has 2 N–H and O–H groups in total. The molecule has 0 aliphatic rings. The molecule has 5 nitrogen and oxygen atoms in total. The number of thiophene rings is 1. The fourth-order valence-corrected chi connectivity index (χ4v) is 2.28. The largest absolute Gasteiger partial charge is 0.481 e. The van der Waals surface area contributed by atoms with Crippen LogP contribution in [0, 0.1) is 0 Å². The van der Waals surface area contributed by atoms with Crippen LogP contribution in [0.1, 0.15) is 6.92 Å². The lowest BCUT2D eigenvalue weighted by Crippen LogP contribution is -2.17. The van der Waals surface area contributed by atoms with Crippen LogP contribution in [0.25, 0.3) is 0 Å². The zero-order chi connectivity index (χ0) is 11.2. The highest BCUT2D eigenvalue weighted by Gasteiger charge is 2.09. The van der Waals surface area contributed by atoms with E-state index < -0.39 is 16.0 Å². The minimum absolute atomic E-state index is 0.333. The van der Waals surface area contributed by atoms with Crippen molar-refractivity contribution in [2.75, 3.05) is 7.05 Å². The first-order chi connectivity index (χ1) is 6.40. The van der Waals surface area contributed by atoms with Gasteiger partial charge in [0.15, 0.2) is 0 Å². The number of hydrogen-bond acceptors (Lipinski definition) is 4. The molecule has 1 rings (SSSR count). The van der Waals surface area contributed by atoms with Crippen molar-refractivity contribution in [3.63, 3.8) is 0 Å². The monoisotopic (exact) mass is 237 g/mol. The van der Waals surface area contributed by atoms with Crippen LogP contribution in [0.3, 0.4) is 0 Å². The Hall–Kier alpha value is -0.920. The van der Waals surface area contributed by atoms with E-state index in [0.717, 1.165) is 6.92 Å². The molecule has 0 bridgehead atoms. The summed E-state index contributed by atoms with van der Waals surface area (Å²) < 4.78 is 24.1. The number of nitrogens with one attached hydrogen (secondary N) is 1. The van der Waals surface area contributed by atoms with E-state index in [4.69, 9.17) is 9.90 Å². The molecule has 0 aliphatic carbocycles. The second-order valence-electron chi connectivity index (χ2n) is 2.19. The molecule has 0 aliphatic heterocycles. The van der Waals surface area contributed by atoms with Crippen molar-refractivity contribution in [3.05, 3.63) is 16.8 Å². The van der Waals surface area contributed by atoms with Crippen molar-refractivity contribution in [2.24, 2.45) is 0 Å². The topological polar surface area (TPSA) is 83.5 Å². The maximum absolute atomic E-state index is 11.0. The van der Waals surface area contributed by atoms with Crippen LogP contribution in [0.5, 0.6) is 0 Å². The van der Waals surface area contributed by atoms with Crippen LogP contribution in [0.15, 0.2) is 21.7 Å². The molecule has 1 aromatic heterocycles. The normalized spacial score (nSPS) is 10.1. The molecular formula is C7H11NO4S2. The summed E-state index contributed by atoms with van der Waals surface area (Å²) in [7, 11) is -1.80. The lowest BCUT2D eigenvalue weighted by atomic mass is 10.7. The van der Waals surface area contributed by atoms with Gasteiger partial charge in [0.2, 0.25) is 10.0 Å². The number of carboxylic acid groups (broad SMARTS) is 1. The first kappa shape index (κ1) is 13.1. The predicted molar refractivity (Wildman–Crippen MR) is 53.9 cm³/mol. The van der Waals surface area contributed by atoms with Crippen molar-refractivity contribution in [1.29, 1.82) is 0 Å². The molecule has 14 heavy (non-hydrogen) atoms. The van der Waals surface area contributed by atoms with Gasteiger partial charge in [0, 0.05) is 12.3 Å².